The minimum Gasteiger partial charge on any atom is -0.508 e. The molecule has 14 rings (SSSR count). The summed E-state index contributed by atoms with van der Waals surface area (Å²) in [6.07, 6.45) is 8.83. The highest BCUT2D eigenvalue weighted by atomic mass is 35.5. The number of nitrogens with zero attached hydrogens (tertiary/aromatic N) is 10. The number of fused-ring (bicyclic) bond motifs is 3. The number of anilines is 2. The average molecular weight is 1700 g/mol. The third-order valence-corrected chi connectivity index (χ3v) is 22.0. The van der Waals surface area contributed by atoms with Crippen LogP contribution in [0.2, 0.25) is 5.02 Å². The first-order valence-corrected chi connectivity index (χ1v) is 41.9. The van der Waals surface area contributed by atoms with Gasteiger partial charge >= 0.3 is 11.6 Å². The molecule has 0 aliphatic rings. The monoisotopic (exact) mass is 1690 g/mol. The Hall–Kier alpha value is -13.3. The number of carbonyl (C=O) groups excluding carboxylic acids is 4. The van der Waals surface area contributed by atoms with Crippen LogP contribution in [-0.4, -0.2) is 111 Å². The number of carbonyl (C=O) groups is 4. The molecule has 8 aromatic carbocycles. The Morgan fingerprint density at radius 1 is 0.645 bits per heavy atom. The summed E-state index contributed by atoms with van der Waals surface area (Å²) < 4.78 is 69.9. The Bertz CT molecular complexity index is 6060. The average Bonchev–Trinajstić information content (AvgIpc) is 1.61. The SMILES string of the molecule is CCCCCCC(Oc1ccc(C)cc1C)C(=O)Nc1ccc(C)c(OS(=O)NCC(C)[n+]2cnc3c(Oc4ccc(C#N)cc4)c(C)[nH]n32)c1.CCc1[nH]n2nc(-c3ccc(C)cc3)nc2c1Oc1ccc(C(=O)OC)cc1.Cc1[nH]n2c(CCCc3ccc(NC(=O)C(C)C(=O)c4ccc(S(=O)Oc5ccc(O)cc5)cc4)cc3)nnc2c1Cl. The number of nitriles is 1. The highest BCUT2D eigenvalue weighted by Crippen LogP contribution is 2.34. The lowest BCUT2D eigenvalue weighted by atomic mass is 9.98. The maximum absolute atomic E-state index is 13.5. The van der Waals surface area contributed by atoms with Crippen LogP contribution in [0.15, 0.2) is 193 Å². The molecule has 121 heavy (non-hydrogen) atoms. The molecule has 0 aliphatic heterocycles. The molecule has 5 unspecified atom stereocenters. The number of rotatable bonds is 33. The van der Waals surface area contributed by atoms with E-state index in [1.165, 1.54) is 61.2 Å². The Morgan fingerprint density at radius 2 is 1.31 bits per heavy atom. The zero-order valence-corrected chi connectivity index (χ0v) is 71.1. The molecule has 0 spiro atoms. The molecule has 5 atom stereocenters. The fraction of sp³-hybridized carbons (Fsp3) is 0.270. The lowest BCUT2D eigenvalue weighted by Gasteiger charge is -2.21. The van der Waals surface area contributed by atoms with E-state index in [1.54, 1.807) is 83.2 Å². The second-order valence-corrected chi connectivity index (χ2v) is 31.4. The van der Waals surface area contributed by atoms with Crippen LogP contribution in [0.25, 0.3) is 28.3 Å². The predicted octanol–water partition coefficient (Wildman–Crippen LogP) is 16.6. The number of halogens is 1. The molecular formula is C89H94ClN16O13S2+. The standard InChI is InChI=1S/C38H45N7O5S.C30H28ClN5O5S.C21H20N4O3/c1-7-8-9-10-11-34(49-33-19-12-25(2)20-27(33)4)38(46)42-31-16-13-26(3)35(21-31)50-51(47)41-23-28(5)44-24-40-37-36(29(6)43-45(37)44)48-32-17-14-30(22-39)15-18-32;1-18(28(38)21-8-16-25(17-9-21)42(40)41-24-14-12-23(37)13-15-24)30(39)32-22-10-6-20(7-11-22)4-3-5-26-33-34-29-27(31)19(2)35-36(26)29;1-4-17-18(28-16-11-9-15(10-12-16)21(26)27-3)20-22-19(24-25(20)23-17)14-7-5-13(2)6-8-14/h12-21,24,28,34,41H,7-11,23H2,1-6H3,(H,42,46);6-18,35,37H,3-5H2,1-2H3,(H,32,39);5-12,23H,4H2,1-3H3/p+1. The van der Waals surface area contributed by atoms with Crippen LogP contribution in [0.5, 0.6) is 46.0 Å². The van der Waals surface area contributed by atoms with Crippen molar-refractivity contribution < 1.29 is 64.7 Å². The molecule has 0 saturated heterocycles. The van der Waals surface area contributed by atoms with Gasteiger partial charge in [0.25, 0.3) is 17.2 Å². The Balaban J connectivity index is 0.000000173. The molecule has 29 nitrogen and oxygen atoms in total. The fourth-order valence-electron chi connectivity index (χ4n) is 12.8. The number of amides is 2. The van der Waals surface area contributed by atoms with Crippen molar-refractivity contribution in [3.63, 3.8) is 0 Å². The molecule has 32 heteroatoms. The number of methoxy groups -OCH3 is 1. The number of phenols is 1. The number of aromatic nitrogens is 12. The smallest absolute Gasteiger partial charge is 0.337 e. The minimum absolute atomic E-state index is 0.0713. The third-order valence-electron chi connectivity index (χ3n) is 19.8. The zero-order chi connectivity index (χ0) is 86.0. The summed E-state index contributed by atoms with van der Waals surface area (Å²) in [5, 5.41) is 47.3. The number of nitrogens with one attached hydrogen (secondary N) is 6. The van der Waals surface area contributed by atoms with Crippen molar-refractivity contribution in [2.24, 2.45) is 5.92 Å². The number of aryl methyl sites for hydroxylation is 9. The van der Waals surface area contributed by atoms with Crippen molar-refractivity contribution in [3.8, 4) is 63.5 Å². The number of benzene rings is 8. The maximum Gasteiger partial charge on any atom is 0.337 e. The molecule has 14 aromatic rings. The molecule has 0 fully saturated rings. The van der Waals surface area contributed by atoms with Crippen LogP contribution in [0.1, 0.15) is 149 Å². The summed E-state index contributed by atoms with van der Waals surface area (Å²) >= 11 is 2.53. The summed E-state index contributed by atoms with van der Waals surface area (Å²) in [6, 6.07) is 54.3. The van der Waals surface area contributed by atoms with Crippen molar-refractivity contribution in [2.75, 3.05) is 24.3 Å². The highest BCUT2D eigenvalue weighted by Gasteiger charge is 2.28. The van der Waals surface area contributed by atoms with Crippen molar-refractivity contribution in [1.29, 1.82) is 5.26 Å². The van der Waals surface area contributed by atoms with Gasteiger partial charge in [0.15, 0.2) is 34.9 Å². The van der Waals surface area contributed by atoms with E-state index >= 15 is 0 Å². The predicted molar refractivity (Wildman–Crippen MR) is 460 cm³/mol. The number of aromatic amines is 3. The van der Waals surface area contributed by atoms with Crippen LogP contribution >= 0.6 is 11.6 Å². The maximum atomic E-state index is 13.5. The molecule has 0 radical (unpaired) electrons. The van der Waals surface area contributed by atoms with Gasteiger partial charge in [-0.3, -0.25) is 24.6 Å². The van der Waals surface area contributed by atoms with Gasteiger partial charge in [-0.05, 0) is 213 Å². The van der Waals surface area contributed by atoms with Gasteiger partial charge in [0.05, 0.1) is 46.5 Å². The van der Waals surface area contributed by atoms with Gasteiger partial charge in [0, 0.05) is 41.5 Å². The number of ether oxygens (including phenoxy) is 4. The molecular weight excluding hydrogens is 1600 g/mol. The summed E-state index contributed by atoms with van der Waals surface area (Å²) in [7, 11) is 1.35. The fourth-order valence-corrected chi connectivity index (χ4v) is 14.5. The largest absolute Gasteiger partial charge is 0.508 e. The van der Waals surface area contributed by atoms with Gasteiger partial charge in [-0.15, -0.1) is 19.9 Å². The second kappa shape index (κ2) is 40.4. The van der Waals surface area contributed by atoms with Gasteiger partial charge in [0.1, 0.15) is 51.3 Å². The first-order chi connectivity index (χ1) is 58.3. The van der Waals surface area contributed by atoms with Gasteiger partial charge in [-0.2, -0.15) is 14.2 Å². The minimum atomic E-state index is -1.88. The number of Topliss-reactive ketones (excluding diaryl/α,β-unsaturated/α-hetero) is 1. The zero-order valence-electron chi connectivity index (χ0n) is 68.7. The molecule has 6 heterocycles. The van der Waals surface area contributed by atoms with E-state index in [-0.39, 0.29) is 29.5 Å². The number of phenolic OH excluding ortho intramolecular Hbond substituents is 1. The second-order valence-electron chi connectivity index (χ2n) is 29.0. The van der Waals surface area contributed by atoms with E-state index in [2.05, 4.69) is 68.9 Å². The summed E-state index contributed by atoms with van der Waals surface area (Å²) in [5.74, 6) is 2.94. The van der Waals surface area contributed by atoms with Crippen molar-refractivity contribution in [1.82, 2.24) is 59.1 Å². The first kappa shape index (κ1) is 87.0. The van der Waals surface area contributed by atoms with E-state index in [0.717, 1.165) is 102 Å². The number of aromatic hydroxyl groups is 1. The molecule has 626 valence electrons. The third kappa shape index (κ3) is 22.2. The van der Waals surface area contributed by atoms with Crippen LogP contribution in [0.4, 0.5) is 11.4 Å². The number of hydrogen-bond acceptors (Lipinski definition) is 19. The topological polar surface area (TPSA) is 367 Å². The quantitative estimate of drug-likeness (QED) is 0.00660. The summed E-state index contributed by atoms with van der Waals surface area (Å²) in [5.41, 5.74) is 12.9. The van der Waals surface area contributed by atoms with Crippen molar-refractivity contribution in [2.45, 2.75) is 144 Å². The van der Waals surface area contributed by atoms with E-state index in [4.69, 9.17) is 44.2 Å². The highest BCUT2D eigenvalue weighted by molar-refractivity contribution is 7.80. The van der Waals surface area contributed by atoms with Crippen LogP contribution in [-0.2, 0) is 55.9 Å². The number of ketones is 1. The number of hydrogen-bond donors (Lipinski definition) is 7. The Labute approximate surface area is 709 Å². The van der Waals surface area contributed by atoms with E-state index < -0.39 is 40.3 Å². The first-order valence-electron chi connectivity index (χ1n) is 39.4. The lowest BCUT2D eigenvalue weighted by molar-refractivity contribution is -0.784. The molecule has 0 saturated carbocycles. The number of unbranched alkanes of at least 4 members (excludes halogenated alkanes) is 3. The van der Waals surface area contributed by atoms with Crippen molar-refractivity contribution in [3.05, 3.63) is 261 Å². The van der Waals surface area contributed by atoms with Crippen LogP contribution < -0.4 is 42.6 Å². The summed E-state index contributed by atoms with van der Waals surface area (Å²) in [6.45, 7) is 19.6. The van der Waals surface area contributed by atoms with Gasteiger partial charge in [-0.25, -0.2) is 28.3 Å². The van der Waals surface area contributed by atoms with E-state index in [0.29, 0.717) is 114 Å². The molecule has 6 aromatic heterocycles. The molecule has 7 N–H and O–H groups in total. The molecule has 2 amide bonds. The van der Waals surface area contributed by atoms with Crippen molar-refractivity contribution >= 4 is 85.8 Å². The van der Waals surface area contributed by atoms with Crippen LogP contribution in [0, 0.1) is 58.8 Å². The van der Waals surface area contributed by atoms with E-state index in [9.17, 15) is 32.7 Å². The van der Waals surface area contributed by atoms with Crippen LogP contribution in [0.3, 0.4) is 0 Å². The summed E-state index contributed by atoms with van der Waals surface area (Å²) in [4.78, 5) is 60.4. The van der Waals surface area contributed by atoms with E-state index in [1.807, 2.05) is 137 Å². The Morgan fingerprint density at radius 3 is 2.00 bits per heavy atom. The van der Waals surface area contributed by atoms with Gasteiger partial charge < -0.3 is 43.1 Å². The molecule has 0 bridgehead atoms. The lowest BCUT2D eigenvalue weighted by Crippen LogP contribution is -2.48. The molecule has 0 aliphatic carbocycles. The van der Waals surface area contributed by atoms with Gasteiger partial charge in [0.2, 0.25) is 34.7 Å². The normalized spacial score (nSPS) is 12.4. The number of esters is 1. The van der Waals surface area contributed by atoms with Gasteiger partial charge in [-0.1, -0.05) is 132 Å². The Kier molecular flexibility index (Phi) is 29.1. The number of H-pyrrole nitrogens is 3.